The minimum absolute atomic E-state index is 0.155. The van der Waals surface area contributed by atoms with Gasteiger partial charge in [-0.2, -0.15) is 0 Å². The van der Waals surface area contributed by atoms with Gasteiger partial charge in [-0.25, -0.2) is 14.4 Å². The Hall–Kier alpha value is -2.63. The van der Waals surface area contributed by atoms with E-state index >= 15 is 0 Å². The number of carbonyl (C=O) groups excluding carboxylic acids is 3. The third kappa shape index (κ3) is 3.36. The van der Waals surface area contributed by atoms with Gasteiger partial charge < -0.3 is 14.2 Å². The quantitative estimate of drug-likeness (QED) is 0.327. The number of ether oxygens (including phenoxy) is 3. The lowest BCUT2D eigenvalue weighted by molar-refractivity contribution is -0.148. The second-order valence-electron chi connectivity index (χ2n) is 6.89. The Balaban J connectivity index is 2.00. The summed E-state index contributed by atoms with van der Waals surface area (Å²) in [6, 6.07) is 0. The number of carbonyl (C=O) groups is 3. The van der Waals surface area contributed by atoms with Crippen LogP contribution in [0.2, 0.25) is 0 Å². The van der Waals surface area contributed by atoms with Crippen molar-refractivity contribution >= 4 is 17.9 Å². The maximum atomic E-state index is 12.3. The first-order valence-electron chi connectivity index (χ1n) is 8.62. The molecule has 4 atom stereocenters. The Morgan fingerprint density at radius 1 is 1.23 bits per heavy atom. The molecule has 0 aromatic heterocycles. The molecular weight excluding hydrogens is 336 g/mol. The number of rotatable bonds is 2. The summed E-state index contributed by atoms with van der Waals surface area (Å²) >= 11 is 0. The number of allylic oxidation sites excluding steroid dienone is 1. The predicted molar refractivity (Wildman–Crippen MR) is 92.8 cm³/mol. The van der Waals surface area contributed by atoms with Crippen molar-refractivity contribution in [1.29, 1.82) is 0 Å². The Morgan fingerprint density at radius 3 is 2.65 bits per heavy atom. The molecule has 1 aliphatic carbocycles. The molecule has 1 saturated heterocycles. The molecule has 0 N–H and O–H groups in total. The van der Waals surface area contributed by atoms with Crippen molar-refractivity contribution in [1.82, 2.24) is 0 Å². The average Bonchev–Trinajstić information content (AvgIpc) is 3.04. The standard InChI is InChI=1S/C20H22O6/c1-5-11(3)18(21)25-16-9-13-8-14(24-20(13)23)6-10(2)7-15-17(16)12(4)19(22)26-15/h5,7-8,14-17H,4,6,9H2,1-3H3/b10-7-,11-5?/t14-,15-,16+,17+/m1/s1. The molecule has 0 aromatic carbocycles. The SMILES string of the molecule is C=C1C(=O)O[C@@H]2/C=C(/C)C[C@@H]3C=C(C[C@H](OC(=O)C(C)=CC)[C@@H]12)C(=O)O3. The van der Waals surface area contributed by atoms with E-state index in [1.807, 2.05) is 13.0 Å². The minimum Gasteiger partial charge on any atom is -0.458 e. The summed E-state index contributed by atoms with van der Waals surface area (Å²) in [6.07, 6.45) is 4.26. The molecule has 3 aliphatic rings. The molecule has 2 heterocycles. The highest BCUT2D eigenvalue weighted by Gasteiger charge is 2.46. The number of esters is 3. The van der Waals surface area contributed by atoms with Crippen LogP contribution in [0.4, 0.5) is 0 Å². The van der Waals surface area contributed by atoms with Crippen molar-refractivity contribution < 1.29 is 28.6 Å². The highest BCUT2D eigenvalue weighted by molar-refractivity contribution is 5.93. The lowest BCUT2D eigenvalue weighted by atomic mass is 9.85. The molecule has 1 fully saturated rings. The second-order valence-corrected chi connectivity index (χ2v) is 6.89. The van der Waals surface area contributed by atoms with Crippen molar-refractivity contribution in [2.24, 2.45) is 5.92 Å². The van der Waals surface area contributed by atoms with Gasteiger partial charge >= 0.3 is 17.9 Å². The molecule has 0 unspecified atom stereocenters. The van der Waals surface area contributed by atoms with Crippen LogP contribution in [-0.2, 0) is 28.6 Å². The lowest BCUT2D eigenvalue weighted by Crippen LogP contribution is -2.34. The number of hydrogen-bond acceptors (Lipinski definition) is 6. The first-order chi connectivity index (χ1) is 12.3. The summed E-state index contributed by atoms with van der Waals surface area (Å²) in [5.74, 6) is -1.96. The van der Waals surface area contributed by atoms with Crippen LogP contribution in [0.5, 0.6) is 0 Å². The first kappa shape index (κ1) is 18.2. The summed E-state index contributed by atoms with van der Waals surface area (Å²) in [6.45, 7) is 9.10. The Morgan fingerprint density at radius 2 is 1.96 bits per heavy atom. The van der Waals surface area contributed by atoms with Crippen molar-refractivity contribution in [2.45, 2.75) is 51.9 Å². The van der Waals surface area contributed by atoms with Gasteiger partial charge in [-0.3, -0.25) is 0 Å². The van der Waals surface area contributed by atoms with Gasteiger partial charge in [-0.15, -0.1) is 0 Å². The van der Waals surface area contributed by atoms with Crippen molar-refractivity contribution in [2.75, 3.05) is 0 Å². The zero-order valence-corrected chi connectivity index (χ0v) is 15.1. The topological polar surface area (TPSA) is 78.9 Å². The second kappa shape index (κ2) is 6.94. The third-order valence-corrected chi connectivity index (χ3v) is 4.98. The molecular formula is C20H22O6. The molecule has 0 spiro atoms. The molecule has 0 aromatic rings. The van der Waals surface area contributed by atoms with Crippen molar-refractivity contribution in [3.8, 4) is 0 Å². The van der Waals surface area contributed by atoms with Crippen LogP contribution in [0.15, 0.2) is 47.1 Å². The highest BCUT2D eigenvalue weighted by Crippen LogP contribution is 2.38. The smallest absolute Gasteiger partial charge is 0.334 e. The minimum atomic E-state index is -0.749. The molecule has 6 nitrogen and oxygen atoms in total. The molecule has 0 saturated carbocycles. The maximum absolute atomic E-state index is 12.3. The fourth-order valence-electron chi connectivity index (χ4n) is 3.44. The summed E-state index contributed by atoms with van der Waals surface area (Å²) in [7, 11) is 0. The first-order valence-corrected chi connectivity index (χ1v) is 8.62. The van der Waals surface area contributed by atoms with Crippen LogP contribution in [0.1, 0.15) is 33.6 Å². The molecule has 2 bridgehead atoms. The largest absolute Gasteiger partial charge is 0.458 e. The van der Waals surface area contributed by atoms with Gasteiger partial charge in [0.25, 0.3) is 0 Å². The Labute approximate surface area is 152 Å². The van der Waals surface area contributed by atoms with Crippen LogP contribution < -0.4 is 0 Å². The highest BCUT2D eigenvalue weighted by atomic mass is 16.6. The van der Waals surface area contributed by atoms with Crippen LogP contribution in [0.3, 0.4) is 0 Å². The van der Waals surface area contributed by atoms with Crippen molar-refractivity contribution in [3.05, 3.63) is 47.1 Å². The van der Waals surface area contributed by atoms with Gasteiger partial charge in [0.2, 0.25) is 0 Å². The molecule has 26 heavy (non-hydrogen) atoms. The van der Waals surface area contributed by atoms with E-state index in [2.05, 4.69) is 6.58 Å². The number of hydrogen-bond donors (Lipinski definition) is 0. The zero-order valence-electron chi connectivity index (χ0n) is 15.1. The van der Waals surface area contributed by atoms with E-state index in [0.717, 1.165) is 5.57 Å². The molecule has 3 rings (SSSR count). The molecule has 2 aliphatic heterocycles. The van der Waals surface area contributed by atoms with E-state index in [9.17, 15) is 14.4 Å². The number of fused-ring (bicyclic) bond motifs is 2. The summed E-state index contributed by atoms with van der Waals surface area (Å²) < 4.78 is 16.5. The fourth-order valence-corrected chi connectivity index (χ4v) is 3.44. The Bertz CT molecular complexity index is 769. The van der Waals surface area contributed by atoms with Crippen LogP contribution >= 0.6 is 0 Å². The third-order valence-electron chi connectivity index (χ3n) is 4.98. The Kier molecular flexibility index (Phi) is 4.85. The van der Waals surface area contributed by atoms with Gasteiger partial charge in [-0.05, 0) is 32.9 Å². The van der Waals surface area contributed by atoms with Gasteiger partial charge in [0, 0.05) is 29.6 Å². The van der Waals surface area contributed by atoms with E-state index in [-0.39, 0.29) is 18.1 Å². The predicted octanol–water partition coefficient (Wildman–Crippen LogP) is 2.55. The zero-order chi connectivity index (χ0) is 19.0. The van der Waals surface area contributed by atoms with Crippen LogP contribution in [0.25, 0.3) is 0 Å². The maximum Gasteiger partial charge on any atom is 0.334 e. The van der Waals surface area contributed by atoms with E-state index in [0.29, 0.717) is 17.6 Å². The van der Waals surface area contributed by atoms with Crippen LogP contribution in [-0.4, -0.2) is 36.2 Å². The van der Waals surface area contributed by atoms with Gasteiger partial charge in [0.05, 0.1) is 5.92 Å². The average molecular weight is 358 g/mol. The van der Waals surface area contributed by atoms with Crippen molar-refractivity contribution in [3.63, 3.8) is 0 Å². The lowest BCUT2D eigenvalue weighted by Gasteiger charge is -2.26. The van der Waals surface area contributed by atoms with Gasteiger partial charge in [0.1, 0.15) is 18.3 Å². The van der Waals surface area contributed by atoms with Crippen LogP contribution in [0, 0.1) is 5.92 Å². The van der Waals surface area contributed by atoms with E-state index < -0.39 is 36.0 Å². The molecule has 138 valence electrons. The molecule has 0 radical (unpaired) electrons. The molecule has 0 amide bonds. The fraction of sp³-hybridized carbons (Fsp3) is 0.450. The summed E-state index contributed by atoms with van der Waals surface area (Å²) in [5.41, 5.74) is 2.07. The summed E-state index contributed by atoms with van der Waals surface area (Å²) in [4.78, 5) is 36.6. The van der Waals surface area contributed by atoms with Gasteiger partial charge in [0.15, 0.2) is 0 Å². The molecule has 6 heteroatoms. The van der Waals surface area contributed by atoms with E-state index in [1.54, 1.807) is 26.0 Å². The van der Waals surface area contributed by atoms with E-state index in [1.165, 1.54) is 0 Å². The normalized spacial score (nSPS) is 33.5. The monoisotopic (exact) mass is 358 g/mol. The van der Waals surface area contributed by atoms with E-state index in [4.69, 9.17) is 14.2 Å². The summed E-state index contributed by atoms with van der Waals surface area (Å²) in [5, 5.41) is 0. The van der Waals surface area contributed by atoms with Gasteiger partial charge in [-0.1, -0.05) is 18.2 Å².